The molecular formula is C47H39ClN8O5. The number of halogens is 1. The highest BCUT2D eigenvalue weighted by Gasteiger charge is 2.39. The Morgan fingerprint density at radius 2 is 1.21 bits per heavy atom. The lowest BCUT2D eigenvalue weighted by Gasteiger charge is -2.16. The topological polar surface area (TPSA) is 187 Å². The number of benzene rings is 4. The van der Waals surface area contributed by atoms with E-state index in [4.69, 9.17) is 17.3 Å². The molecule has 7 heterocycles. The van der Waals surface area contributed by atoms with Crippen molar-refractivity contribution < 1.29 is 24.3 Å². The lowest BCUT2D eigenvalue weighted by molar-refractivity contribution is 0.0951. The van der Waals surface area contributed by atoms with Gasteiger partial charge in [0.25, 0.3) is 11.8 Å². The van der Waals surface area contributed by atoms with Crippen molar-refractivity contribution in [3.63, 3.8) is 0 Å². The number of fused-ring (bicyclic) bond motifs is 12. The van der Waals surface area contributed by atoms with Crippen molar-refractivity contribution in [2.24, 2.45) is 5.73 Å². The average molecular weight is 831 g/mol. The van der Waals surface area contributed by atoms with Crippen LogP contribution in [0.1, 0.15) is 83.1 Å². The van der Waals surface area contributed by atoms with E-state index in [9.17, 15) is 24.3 Å². The first-order valence-corrected chi connectivity index (χ1v) is 21.2. The number of hydrogen-bond donors (Lipinski definition) is 6. The van der Waals surface area contributed by atoms with Gasteiger partial charge in [0.1, 0.15) is 17.1 Å². The van der Waals surface area contributed by atoms with E-state index in [1.54, 1.807) is 20.8 Å². The van der Waals surface area contributed by atoms with Gasteiger partial charge in [-0.05, 0) is 133 Å². The summed E-state index contributed by atoms with van der Waals surface area (Å²) in [5, 5.41) is 14.6. The molecule has 13 nitrogen and oxygen atoms in total. The van der Waals surface area contributed by atoms with E-state index in [1.165, 1.54) is 0 Å². The van der Waals surface area contributed by atoms with Crippen LogP contribution >= 0.6 is 11.6 Å². The van der Waals surface area contributed by atoms with Gasteiger partial charge in [-0.25, -0.2) is 4.79 Å². The Balaban J connectivity index is 0.816. The highest BCUT2D eigenvalue weighted by atomic mass is 35.5. The van der Waals surface area contributed by atoms with Gasteiger partial charge in [-0.2, -0.15) is 0 Å². The number of hydrogen-bond acceptors (Lipinski definition) is 5. The van der Waals surface area contributed by atoms with Gasteiger partial charge >= 0.3 is 6.03 Å². The minimum atomic E-state index is -0.489. The predicted octanol–water partition coefficient (Wildman–Crippen LogP) is 8.17. The van der Waals surface area contributed by atoms with Gasteiger partial charge in [0, 0.05) is 92.8 Å². The van der Waals surface area contributed by atoms with E-state index < -0.39 is 11.9 Å². The standard InChI is InChI=1S/C47H39ClN8O5/c1-21-20-50-43-40(57)18-29-30(14-22(19-48)42(29)41(21)43)44(58)34-15-26-23-8-11-54(37(23)5-2-31(26)51-34)45(59)35-16-27-24-9-12-55(38(24)6-3-32(27)52-35)46(60)36-17-28-25-10-13-56(47(49)61)39(25)7-4-33(28)53-36/h2-7,15-18,20,22,30,50-53,57H,8-14,19H2,1H3,(H2,49,61). The molecule has 2 atom stereocenters. The Labute approximate surface area is 352 Å². The van der Waals surface area contributed by atoms with E-state index in [-0.39, 0.29) is 29.3 Å². The normalized spacial score (nSPS) is 17.9. The Hall–Kier alpha value is -6.99. The number of H-pyrrole nitrogens is 4. The molecule has 61 heavy (non-hydrogen) atoms. The summed E-state index contributed by atoms with van der Waals surface area (Å²) in [7, 11) is 0. The molecule has 4 aliphatic rings. The van der Waals surface area contributed by atoms with Crippen LogP contribution in [0.5, 0.6) is 5.75 Å². The van der Waals surface area contributed by atoms with E-state index >= 15 is 0 Å². The largest absolute Gasteiger partial charge is 0.506 e. The van der Waals surface area contributed by atoms with E-state index in [0.717, 1.165) is 88.5 Å². The Kier molecular flexibility index (Phi) is 7.51. The third kappa shape index (κ3) is 5.00. The molecule has 304 valence electrons. The Bertz CT molecular complexity index is 3300. The first-order valence-electron chi connectivity index (χ1n) is 20.7. The number of nitrogens with one attached hydrogen (secondary N) is 4. The Morgan fingerprint density at radius 3 is 1.74 bits per heavy atom. The van der Waals surface area contributed by atoms with Crippen LogP contribution in [0.15, 0.2) is 66.9 Å². The number of Topliss-reactive ketones (excluding diaryl/α,β-unsaturated/α-hetero) is 1. The number of nitrogens with two attached hydrogens (primary N) is 1. The number of urea groups is 1. The van der Waals surface area contributed by atoms with Crippen molar-refractivity contribution in [2.75, 3.05) is 40.2 Å². The van der Waals surface area contributed by atoms with Crippen molar-refractivity contribution in [3.05, 3.63) is 117 Å². The number of carbonyl (C=O) groups excluding carboxylic acids is 4. The van der Waals surface area contributed by atoms with Crippen LogP contribution in [0.4, 0.5) is 21.9 Å². The molecule has 4 aromatic carbocycles. The lowest BCUT2D eigenvalue weighted by atomic mass is 9.93. The number of anilines is 3. The van der Waals surface area contributed by atoms with Crippen LogP contribution in [-0.4, -0.2) is 74.2 Å². The number of alkyl halides is 1. The van der Waals surface area contributed by atoms with Crippen LogP contribution < -0.4 is 20.4 Å². The number of amides is 4. The molecule has 12 rings (SSSR count). The highest BCUT2D eigenvalue weighted by Crippen LogP contribution is 2.50. The van der Waals surface area contributed by atoms with E-state index in [2.05, 4.69) is 19.9 Å². The van der Waals surface area contributed by atoms with Crippen LogP contribution in [0, 0.1) is 6.92 Å². The third-order valence-corrected chi connectivity index (χ3v) is 14.2. The number of phenolic OH excluding ortho intramolecular Hbond substituents is 1. The van der Waals surface area contributed by atoms with Crippen LogP contribution in [0.3, 0.4) is 0 Å². The number of rotatable bonds is 5. The highest BCUT2D eigenvalue weighted by molar-refractivity contribution is 6.19. The fourth-order valence-electron chi connectivity index (χ4n) is 11.0. The minimum absolute atomic E-state index is 0.0190. The van der Waals surface area contributed by atoms with Crippen LogP contribution in [0.25, 0.3) is 43.6 Å². The van der Waals surface area contributed by atoms with Gasteiger partial charge in [0.15, 0.2) is 5.78 Å². The quantitative estimate of drug-likeness (QED) is 0.0753. The van der Waals surface area contributed by atoms with Crippen molar-refractivity contribution in [3.8, 4) is 5.75 Å². The summed E-state index contributed by atoms with van der Waals surface area (Å²) in [4.78, 5) is 72.9. The van der Waals surface area contributed by atoms with E-state index in [0.29, 0.717) is 73.8 Å². The van der Waals surface area contributed by atoms with Gasteiger partial charge in [0.05, 0.1) is 11.2 Å². The zero-order chi connectivity index (χ0) is 41.6. The first-order chi connectivity index (χ1) is 29.6. The summed E-state index contributed by atoms with van der Waals surface area (Å²) in [6, 6.07) is 18.4. The van der Waals surface area contributed by atoms with Gasteiger partial charge in [-0.3, -0.25) is 19.3 Å². The summed E-state index contributed by atoms with van der Waals surface area (Å²) in [5.74, 6) is -0.326. The van der Waals surface area contributed by atoms with Gasteiger partial charge < -0.3 is 40.6 Å². The molecule has 0 bridgehead atoms. The zero-order valence-electron chi connectivity index (χ0n) is 33.0. The van der Waals surface area contributed by atoms with Gasteiger partial charge in [-0.1, -0.05) is 0 Å². The molecule has 0 fully saturated rings. The van der Waals surface area contributed by atoms with E-state index in [1.807, 2.05) is 67.7 Å². The van der Waals surface area contributed by atoms with Crippen molar-refractivity contribution >= 4 is 95.9 Å². The molecule has 7 N–H and O–H groups in total. The molecule has 0 saturated carbocycles. The maximum Gasteiger partial charge on any atom is 0.319 e. The van der Waals surface area contributed by atoms with Crippen LogP contribution in [0.2, 0.25) is 0 Å². The zero-order valence-corrected chi connectivity index (χ0v) is 33.8. The number of aryl methyl sites for hydroxylation is 1. The molecule has 1 aliphatic carbocycles. The average Bonchev–Trinajstić information content (AvgIpc) is 4.10. The van der Waals surface area contributed by atoms with Gasteiger partial charge in [-0.15, -0.1) is 11.6 Å². The van der Waals surface area contributed by atoms with Crippen molar-refractivity contribution in [2.45, 2.75) is 44.4 Å². The summed E-state index contributed by atoms with van der Waals surface area (Å²) in [6.45, 7) is 3.50. The fourth-order valence-corrected chi connectivity index (χ4v) is 11.3. The SMILES string of the molecule is Cc1c[nH]c2c(O)cc3c(c12)C(CCl)CC3C(=O)c1cc2c3c(ccc2[nH]1)N(C(=O)c1cc2c4c(ccc2[nH]1)N(C(=O)c1cc2c5c(ccc2[nH]1)N(C(N)=O)CC5)CC4)CC3. The summed E-state index contributed by atoms with van der Waals surface area (Å²) in [6.07, 6.45) is 4.38. The number of aromatic nitrogens is 4. The molecule has 0 saturated heterocycles. The summed E-state index contributed by atoms with van der Waals surface area (Å²) < 4.78 is 0. The molecule has 4 aromatic heterocycles. The molecule has 3 aliphatic heterocycles. The molecule has 14 heteroatoms. The lowest BCUT2D eigenvalue weighted by Crippen LogP contribution is -2.33. The van der Waals surface area contributed by atoms with Crippen LogP contribution in [-0.2, 0) is 19.3 Å². The molecule has 8 aromatic rings. The number of carbonyl (C=O) groups is 4. The molecule has 2 unspecified atom stereocenters. The number of ketones is 1. The van der Waals surface area contributed by atoms with Crippen molar-refractivity contribution in [1.82, 2.24) is 19.9 Å². The molecular weight excluding hydrogens is 792 g/mol. The number of nitrogens with zero attached hydrogens (tertiary/aromatic N) is 3. The fraction of sp³-hybridized carbons (Fsp3) is 0.234. The number of primary amides is 1. The predicted molar refractivity (Wildman–Crippen MR) is 236 cm³/mol. The molecule has 4 amide bonds. The number of aromatic amines is 4. The maximum absolute atomic E-state index is 14.3. The monoisotopic (exact) mass is 830 g/mol. The second-order valence-electron chi connectivity index (χ2n) is 16.9. The summed E-state index contributed by atoms with van der Waals surface area (Å²) in [5.41, 5.74) is 18.5. The molecule has 0 spiro atoms. The van der Waals surface area contributed by atoms with Gasteiger partial charge in [0.2, 0.25) is 0 Å². The second-order valence-corrected chi connectivity index (χ2v) is 17.2. The summed E-state index contributed by atoms with van der Waals surface area (Å²) >= 11 is 6.49. The number of aromatic hydroxyl groups is 1. The first kappa shape index (κ1) is 35.9. The smallest absolute Gasteiger partial charge is 0.319 e. The van der Waals surface area contributed by atoms with Crippen molar-refractivity contribution in [1.29, 1.82) is 0 Å². The second kappa shape index (κ2) is 12.8. The number of phenols is 1. The minimum Gasteiger partial charge on any atom is -0.506 e. The maximum atomic E-state index is 14.3. The third-order valence-electron chi connectivity index (χ3n) is 13.8. The molecule has 0 radical (unpaired) electrons. The Morgan fingerprint density at radius 1 is 0.721 bits per heavy atom.